The van der Waals surface area contributed by atoms with Crippen molar-refractivity contribution in [3.05, 3.63) is 23.9 Å². The molecular formula is C9H11NOSi. The van der Waals surface area contributed by atoms with Crippen molar-refractivity contribution >= 4 is 8.80 Å². The highest BCUT2D eigenvalue weighted by Crippen LogP contribution is 2.04. The summed E-state index contributed by atoms with van der Waals surface area (Å²) in [6.45, 7) is 4.32. The monoisotopic (exact) mass is 177 g/mol. The second-order valence-corrected chi connectivity index (χ2v) is 5.42. The van der Waals surface area contributed by atoms with E-state index in [2.05, 4.69) is 29.5 Å². The minimum absolute atomic E-state index is 0.0345. The van der Waals surface area contributed by atoms with Crippen LogP contribution in [0.2, 0.25) is 13.1 Å². The molecular weight excluding hydrogens is 166 g/mol. The number of hydrogen-bond acceptors (Lipinski definition) is 2. The van der Waals surface area contributed by atoms with Crippen molar-refractivity contribution in [2.75, 3.05) is 0 Å². The third-order valence-electron chi connectivity index (χ3n) is 1.25. The van der Waals surface area contributed by atoms with Crippen molar-refractivity contribution < 1.29 is 5.11 Å². The molecule has 1 aromatic heterocycles. The smallest absolute Gasteiger partial charge is 0.211 e. The van der Waals surface area contributed by atoms with Crippen LogP contribution in [0.15, 0.2) is 18.3 Å². The number of rotatable bonds is 0. The van der Waals surface area contributed by atoms with E-state index in [0.29, 0.717) is 0 Å². The van der Waals surface area contributed by atoms with Gasteiger partial charge in [0.15, 0.2) is 0 Å². The molecule has 0 aliphatic carbocycles. The van der Waals surface area contributed by atoms with Gasteiger partial charge in [0.05, 0.1) is 0 Å². The minimum atomic E-state index is -0.819. The molecule has 0 atom stereocenters. The fourth-order valence-corrected chi connectivity index (χ4v) is 1.18. The van der Waals surface area contributed by atoms with Gasteiger partial charge in [-0.05, 0) is 6.07 Å². The normalized spacial score (nSPS) is 9.25. The maximum Gasteiger partial charge on any atom is 0.211 e. The third-order valence-corrected chi connectivity index (χ3v) is 1.97. The number of aromatic hydroxyl groups is 1. The van der Waals surface area contributed by atoms with E-state index < -0.39 is 8.80 Å². The predicted octanol–water partition coefficient (Wildman–Crippen LogP) is 1.16. The van der Waals surface area contributed by atoms with E-state index in [4.69, 9.17) is 5.11 Å². The molecule has 1 aromatic rings. The van der Waals surface area contributed by atoms with Crippen molar-refractivity contribution in [1.29, 1.82) is 0 Å². The van der Waals surface area contributed by atoms with Gasteiger partial charge in [0.1, 0.15) is 8.80 Å². The van der Waals surface area contributed by atoms with Gasteiger partial charge in [0.25, 0.3) is 0 Å². The zero-order valence-electron chi connectivity index (χ0n) is 7.20. The van der Waals surface area contributed by atoms with Gasteiger partial charge in [0.2, 0.25) is 5.88 Å². The van der Waals surface area contributed by atoms with Gasteiger partial charge in [-0.3, -0.25) is 0 Å². The van der Waals surface area contributed by atoms with E-state index in [1.165, 1.54) is 0 Å². The fraction of sp³-hybridized carbons (Fsp3) is 0.222. The van der Waals surface area contributed by atoms with Crippen LogP contribution in [0, 0.1) is 11.5 Å². The Bertz CT molecular complexity index is 325. The van der Waals surface area contributed by atoms with Crippen molar-refractivity contribution in [1.82, 2.24) is 4.98 Å². The lowest BCUT2D eigenvalue weighted by molar-refractivity contribution is 0.453. The maximum atomic E-state index is 9.01. The number of aromatic nitrogens is 1. The van der Waals surface area contributed by atoms with Crippen LogP contribution in [0.1, 0.15) is 5.56 Å². The van der Waals surface area contributed by atoms with Crippen LogP contribution >= 0.6 is 0 Å². The van der Waals surface area contributed by atoms with Crippen LogP contribution in [0.4, 0.5) is 0 Å². The summed E-state index contributed by atoms with van der Waals surface area (Å²) in [5.74, 6) is 3.03. The average molecular weight is 177 g/mol. The minimum Gasteiger partial charge on any atom is -0.493 e. The standard InChI is InChI=1S/C9H11NOSi/c1-12(2)6-4-8-3-5-10-9(11)7-8/h3,5,7,12H,1-2H3,(H,10,11). The number of hydrogen-bond donors (Lipinski definition) is 1. The van der Waals surface area contributed by atoms with Crippen molar-refractivity contribution in [2.24, 2.45) is 0 Å². The largest absolute Gasteiger partial charge is 0.493 e. The molecule has 0 amide bonds. The van der Waals surface area contributed by atoms with E-state index in [1.807, 2.05) is 0 Å². The Morgan fingerprint density at radius 1 is 1.50 bits per heavy atom. The molecule has 2 nitrogen and oxygen atoms in total. The average Bonchev–Trinajstić information content (AvgIpc) is 2.01. The Morgan fingerprint density at radius 3 is 2.83 bits per heavy atom. The van der Waals surface area contributed by atoms with E-state index in [9.17, 15) is 0 Å². The highest BCUT2D eigenvalue weighted by Gasteiger charge is 1.90. The molecule has 0 aliphatic rings. The lowest BCUT2D eigenvalue weighted by Gasteiger charge is -1.91. The first-order valence-corrected chi connectivity index (χ1v) is 6.73. The predicted molar refractivity (Wildman–Crippen MR) is 51.7 cm³/mol. The first-order chi connectivity index (χ1) is 5.68. The van der Waals surface area contributed by atoms with Gasteiger partial charge in [0, 0.05) is 17.8 Å². The first-order valence-electron chi connectivity index (χ1n) is 3.85. The Hall–Kier alpha value is -1.27. The van der Waals surface area contributed by atoms with Crippen LogP contribution in [-0.4, -0.2) is 18.9 Å². The first kappa shape index (κ1) is 8.82. The van der Waals surface area contributed by atoms with E-state index in [-0.39, 0.29) is 5.88 Å². The summed E-state index contributed by atoms with van der Waals surface area (Å²) >= 11 is 0. The molecule has 0 unspecified atom stereocenters. The summed E-state index contributed by atoms with van der Waals surface area (Å²) in [7, 11) is -0.819. The Morgan fingerprint density at radius 2 is 2.25 bits per heavy atom. The summed E-state index contributed by atoms with van der Waals surface area (Å²) < 4.78 is 0. The zero-order chi connectivity index (χ0) is 8.97. The van der Waals surface area contributed by atoms with E-state index in [0.717, 1.165) is 5.56 Å². The van der Waals surface area contributed by atoms with Crippen molar-refractivity contribution in [3.63, 3.8) is 0 Å². The Kier molecular flexibility index (Phi) is 2.89. The topological polar surface area (TPSA) is 33.1 Å². The van der Waals surface area contributed by atoms with Gasteiger partial charge < -0.3 is 5.11 Å². The van der Waals surface area contributed by atoms with Gasteiger partial charge in [-0.15, -0.1) is 5.54 Å². The van der Waals surface area contributed by atoms with Gasteiger partial charge in [-0.1, -0.05) is 19.0 Å². The number of pyridine rings is 1. The maximum absolute atomic E-state index is 9.01. The lowest BCUT2D eigenvalue weighted by atomic mass is 10.3. The molecule has 0 saturated heterocycles. The molecule has 12 heavy (non-hydrogen) atoms. The van der Waals surface area contributed by atoms with Crippen LogP contribution in [0.3, 0.4) is 0 Å². The second-order valence-electron chi connectivity index (χ2n) is 2.83. The molecule has 3 heteroatoms. The summed E-state index contributed by atoms with van der Waals surface area (Å²) in [4.78, 5) is 3.67. The number of nitrogens with zero attached hydrogens (tertiary/aromatic N) is 1. The second kappa shape index (κ2) is 3.93. The molecule has 0 saturated carbocycles. The molecule has 0 fully saturated rings. The van der Waals surface area contributed by atoms with Crippen LogP contribution in [0.5, 0.6) is 5.88 Å². The zero-order valence-corrected chi connectivity index (χ0v) is 8.36. The summed E-state index contributed by atoms with van der Waals surface area (Å²) in [5.41, 5.74) is 3.98. The molecule has 0 spiro atoms. The molecule has 0 bridgehead atoms. The SMILES string of the molecule is C[SiH](C)C#Cc1ccnc(O)c1. The van der Waals surface area contributed by atoms with Gasteiger partial charge in [-0.2, -0.15) is 0 Å². The van der Waals surface area contributed by atoms with E-state index in [1.54, 1.807) is 18.3 Å². The molecule has 1 rings (SSSR count). The Balaban J connectivity index is 2.85. The highest BCUT2D eigenvalue weighted by atomic mass is 28.3. The molecule has 0 aromatic carbocycles. The third kappa shape index (κ3) is 2.77. The van der Waals surface area contributed by atoms with Crippen LogP contribution in [0.25, 0.3) is 0 Å². The summed E-state index contributed by atoms with van der Waals surface area (Å²) in [6, 6.07) is 3.37. The highest BCUT2D eigenvalue weighted by molar-refractivity contribution is 6.64. The van der Waals surface area contributed by atoms with Gasteiger partial charge >= 0.3 is 0 Å². The van der Waals surface area contributed by atoms with Crippen molar-refractivity contribution in [3.8, 4) is 17.3 Å². The summed E-state index contributed by atoms with van der Waals surface area (Å²) in [5, 5.41) is 9.01. The van der Waals surface area contributed by atoms with Crippen LogP contribution in [-0.2, 0) is 0 Å². The molecule has 62 valence electrons. The fourth-order valence-electron chi connectivity index (χ4n) is 0.724. The van der Waals surface area contributed by atoms with Crippen LogP contribution < -0.4 is 0 Å². The van der Waals surface area contributed by atoms with E-state index >= 15 is 0 Å². The quantitative estimate of drug-likeness (QED) is 0.476. The lowest BCUT2D eigenvalue weighted by Crippen LogP contribution is -1.93. The summed E-state index contributed by atoms with van der Waals surface area (Å²) in [6.07, 6.45) is 1.56. The molecule has 0 radical (unpaired) electrons. The molecule has 1 heterocycles. The molecule has 0 aliphatic heterocycles. The van der Waals surface area contributed by atoms with Crippen molar-refractivity contribution in [2.45, 2.75) is 13.1 Å². The van der Waals surface area contributed by atoms with Gasteiger partial charge in [-0.25, -0.2) is 4.98 Å². The molecule has 1 N–H and O–H groups in total. The Labute approximate surface area is 73.9 Å².